The van der Waals surface area contributed by atoms with Gasteiger partial charge in [0.15, 0.2) is 5.75 Å². The highest BCUT2D eigenvalue weighted by Crippen LogP contribution is 2.37. The van der Waals surface area contributed by atoms with E-state index in [1.807, 2.05) is 4.98 Å². The maximum Gasteiger partial charge on any atom is 0.349 e. The Morgan fingerprint density at radius 3 is 2.78 bits per heavy atom. The van der Waals surface area contributed by atoms with Gasteiger partial charge in [-0.15, -0.1) is 10.2 Å². The third-order valence-electron chi connectivity index (χ3n) is 3.18. The number of aryl methyl sites for hydroxylation is 1. The lowest BCUT2D eigenvalue weighted by Gasteiger charge is -2.11. The van der Waals surface area contributed by atoms with E-state index in [0.29, 0.717) is 0 Å². The SMILES string of the molecule is [2H]C([2H])c1cc(Oc2c(Cl)cc(-n3nc(C#N)c(=O)[nH]c3=O)cc2Br)n[nH]c1=O. The number of nitrogens with zero attached hydrogens (tertiary/aromatic N) is 4. The maximum absolute atomic E-state index is 12.0. The number of nitrogens with one attached hydrogen (secondary N) is 2. The quantitative estimate of drug-likeness (QED) is 0.609. The molecule has 136 valence electrons. The van der Waals surface area contributed by atoms with Gasteiger partial charge in [-0.3, -0.25) is 14.6 Å². The zero-order chi connectivity index (χ0) is 21.3. The summed E-state index contributed by atoms with van der Waals surface area (Å²) in [5, 5.41) is 18.4. The van der Waals surface area contributed by atoms with Crippen LogP contribution in [-0.2, 0) is 0 Å². The highest BCUT2D eigenvalue weighted by molar-refractivity contribution is 9.10. The van der Waals surface area contributed by atoms with E-state index in [9.17, 15) is 14.4 Å². The number of H-pyrrole nitrogens is 2. The van der Waals surface area contributed by atoms with Crippen molar-refractivity contribution in [3.8, 4) is 23.4 Å². The number of benzene rings is 1. The third-order valence-corrected chi connectivity index (χ3v) is 4.05. The van der Waals surface area contributed by atoms with Crippen LogP contribution in [0.2, 0.25) is 5.02 Å². The highest BCUT2D eigenvalue weighted by Gasteiger charge is 2.15. The summed E-state index contributed by atoms with van der Waals surface area (Å²) >= 11 is 9.44. The molecule has 3 aromatic rings. The molecule has 0 aliphatic heterocycles. The van der Waals surface area contributed by atoms with Crippen molar-refractivity contribution in [3.63, 3.8) is 0 Å². The van der Waals surface area contributed by atoms with Crippen molar-refractivity contribution >= 4 is 27.5 Å². The summed E-state index contributed by atoms with van der Waals surface area (Å²) in [5.74, 6) is -0.0593. The molecule has 0 aliphatic carbocycles. The first-order valence-electron chi connectivity index (χ1n) is 8.12. The van der Waals surface area contributed by atoms with Gasteiger partial charge >= 0.3 is 5.69 Å². The average molecular weight is 454 g/mol. The van der Waals surface area contributed by atoms with Crippen LogP contribution in [0.25, 0.3) is 5.69 Å². The topological polar surface area (TPSA) is 147 Å². The molecule has 2 heterocycles. The molecule has 10 nitrogen and oxygen atoms in total. The Labute approximate surface area is 165 Å². The van der Waals surface area contributed by atoms with Crippen molar-refractivity contribution in [1.29, 1.82) is 5.26 Å². The summed E-state index contributed by atoms with van der Waals surface area (Å²) in [4.78, 5) is 37.0. The Balaban J connectivity index is 2.05. The lowest BCUT2D eigenvalue weighted by atomic mass is 10.3. The van der Waals surface area contributed by atoms with Crippen LogP contribution in [0.4, 0.5) is 0 Å². The highest BCUT2D eigenvalue weighted by atomic mass is 79.9. The standard InChI is InChI=1S/C15H8BrClN6O4/c1-6-2-11(20-21-13(6)24)27-12-8(16)3-7(4-9(12)17)23-15(26)19-14(25)10(5-18)22-23/h2-4H,1H3,(H,21,24)(H,19,25,26)/i1D2. The average Bonchev–Trinajstić information content (AvgIpc) is 2.65. The van der Waals surface area contributed by atoms with Gasteiger partial charge in [-0.05, 0) is 34.9 Å². The van der Waals surface area contributed by atoms with Gasteiger partial charge < -0.3 is 4.74 Å². The fourth-order valence-corrected chi connectivity index (χ4v) is 2.87. The van der Waals surface area contributed by atoms with Gasteiger partial charge in [0.25, 0.3) is 11.1 Å². The number of aromatic nitrogens is 5. The second-order valence-electron chi connectivity index (χ2n) is 4.96. The summed E-state index contributed by atoms with van der Waals surface area (Å²) in [6.45, 7) is -1.54. The first-order chi connectivity index (χ1) is 13.7. The monoisotopic (exact) mass is 452 g/mol. The van der Waals surface area contributed by atoms with Crippen LogP contribution in [-0.4, -0.2) is 25.0 Å². The number of nitriles is 1. The fourth-order valence-electron chi connectivity index (χ4n) is 1.97. The van der Waals surface area contributed by atoms with Crippen LogP contribution < -0.4 is 21.5 Å². The van der Waals surface area contributed by atoms with Gasteiger partial charge in [-0.25, -0.2) is 9.89 Å². The summed E-state index contributed by atoms with van der Waals surface area (Å²) in [6.07, 6.45) is 0. The van der Waals surface area contributed by atoms with E-state index in [4.69, 9.17) is 24.3 Å². The third kappa shape index (κ3) is 3.67. The number of halogens is 2. The van der Waals surface area contributed by atoms with E-state index in [1.165, 1.54) is 12.1 Å². The zero-order valence-corrected chi connectivity index (χ0v) is 15.3. The Hall–Kier alpha value is -3.23. The molecule has 0 bridgehead atoms. The Morgan fingerprint density at radius 1 is 1.33 bits per heavy atom. The molecule has 0 saturated heterocycles. The van der Waals surface area contributed by atoms with Gasteiger partial charge in [0.05, 0.1) is 15.2 Å². The molecule has 0 unspecified atom stereocenters. The molecule has 3 rings (SSSR count). The van der Waals surface area contributed by atoms with E-state index in [2.05, 4.69) is 31.2 Å². The predicted octanol–water partition coefficient (Wildman–Crippen LogP) is 1.39. The molecule has 0 radical (unpaired) electrons. The van der Waals surface area contributed by atoms with E-state index >= 15 is 0 Å². The molecule has 0 atom stereocenters. The van der Waals surface area contributed by atoms with Gasteiger partial charge in [0, 0.05) is 14.4 Å². The Bertz CT molecular complexity index is 1310. The van der Waals surface area contributed by atoms with Crippen molar-refractivity contribution in [1.82, 2.24) is 25.0 Å². The normalized spacial score (nSPS) is 11.6. The molecule has 0 amide bonds. The molecular weight excluding hydrogens is 444 g/mol. The summed E-state index contributed by atoms with van der Waals surface area (Å²) in [6, 6.07) is 5.39. The minimum Gasteiger partial charge on any atom is -0.435 e. The van der Waals surface area contributed by atoms with E-state index in [0.717, 1.165) is 10.7 Å². The second kappa shape index (κ2) is 7.18. The Morgan fingerprint density at radius 2 is 2.11 bits per heavy atom. The van der Waals surface area contributed by atoms with Crippen molar-refractivity contribution in [2.45, 2.75) is 6.88 Å². The second-order valence-corrected chi connectivity index (χ2v) is 6.22. The van der Waals surface area contributed by atoms with Crippen LogP contribution in [0.15, 0.2) is 37.1 Å². The zero-order valence-electron chi connectivity index (χ0n) is 15.0. The smallest absolute Gasteiger partial charge is 0.349 e. The summed E-state index contributed by atoms with van der Waals surface area (Å²) in [7, 11) is 0. The minimum absolute atomic E-state index is 0.00405. The molecule has 0 saturated carbocycles. The lowest BCUT2D eigenvalue weighted by molar-refractivity contribution is 0.451. The van der Waals surface area contributed by atoms with Gasteiger partial charge in [0.1, 0.15) is 6.07 Å². The van der Waals surface area contributed by atoms with Crippen molar-refractivity contribution in [2.24, 2.45) is 0 Å². The van der Waals surface area contributed by atoms with Gasteiger partial charge in [-0.1, -0.05) is 11.6 Å². The number of aromatic amines is 2. The molecule has 2 aromatic heterocycles. The van der Waals surface area contributed by atoms with E-state index < -0.39 is 29.4 Å². The van der Waals surface area contributed by atoms with Crippen molar-refractivity contribution in [3.05, 3.63) is 70.1 Å². The van der Waals surface area contributed by atoms with Crippen LogP contribution >= 0.6 is 27.5 Å². The summed E-state index contributed by atoms with van der Waals surface area (Å²) in [5.41, 5.74) is -3.05. The lowest BCUT2D eigenvalue weighted by Crippen LogP contribution is -2.33. The van der Waals surface area contributed by atoms with Crippen LogP contribution in [0.1, 0.15) is 14.0 Å². The number of hydrogen-bond acceptors (Lipinski definition) is 7. The van der Waals surface area contributed by atoms with Gasteiger partial charge in [-0.2, -0.15) is 9.94 Å². The van der Waals surface area contributed by atoms with Crippen molar-refractivity contribution < 1.29 is 7.48 Å². The minimum atomic E-state index is -1.54. The molecule has 0 spiro atoms. The molecule has 27 heavy (non-hydrogen) atoms. The molecule has 0 fully saturated rings. The van der Waals surface area contributed by atoms with Crippen LogP contribution in [0, 0.1) is 18.2 Å². The van der Waals surface area contributed by atoms with Crippen LogP contribution in [0.5, 0.6) is 11.6 Å². The number of ether oxygens (including phenoxy) is 1. The first-order valence-corrected chi connectivity index (χ1v) is 8.13. The first kappa shape index (κ1) is 16.0. The van der Waals surface area contributed by atoms with Crippen molar-refractivity contribution in [2.75, 3.05) is 0 Å². The molecule has 1 aromatic carbocycles. The molecule has 2 N–H and O–H groups in total. The molecule has 0 aliphatic rings. The Kier molecular flexibility index (Phi) is 4.25. The van der Waals surface area contributed by atoms with Gasteiger partial charge in [0.2, 0.25) is 11.6 Å². The molecule has 12 heteroatoms. The number of hydrogen-bond donors (Lipinski definition) is 2. The van der Waals surface area contributed by atoms with E-state index in [-0.39, 0.29) is 32.4 Å². The molecular formula is C15H8BrClN6O4. The largest absolute Gasteiger partial charge is 0.435 e. The van der Waals surface area contributed by atoms with E-state index in [1.54, 1.807) is 6.07 Å². The fraction of sp³-hybridized carbons (Fsp3) is 0.0667. The summed E-state index contributed by atoms with van der Waals surface area (Å²) < 4.78 is 21.3. The van der Waals surface area contributed by atoms with Crippen LogP contribution in [0.3, 0.4) is 0 Å². The predicted molar refractivity (Wildman–Crippen MR) is 97.5 cm³/mol. The maximum atomic E-state index is 12.0. The number of rotatable bonds is 3.